The van der Waals surface area contributed by atoms with Crippen molar-refractivity contribution in [2.75, 3.05) is 13.7 Å². The number of nitrogens with zero attached hydrogens (tertiary/aromatic N) is 2. The monoisotopic (exact) mass is 508 g/mol. The third-order valence-electron chi connectivity index (χ3n) is 6.64. The van der Waals surface area contributed by atoms with Gasteiger partial charge < -0.3 is 4.74 Å². The number of aryl methyl sites for hydroxylation is 1. The number of carbonyl (C=O) groups excluding carboxylic acids is 1. The Morgan fingerprint density at radius 1 is 1.14 bits per heavy atom. The summed E-state index contributed by atoms with van der Waals surface area (Å²) in [4.78, 5) is 17.6. The van der Waals surface area contributed by atoms with Crippen LogP contribution >= 0.6 is 0 Å². The third-order valence-corrected chi connectivity index (χ3v) is 6.64. The molecule has 0 radical (unpaired) electrons. The Morgan fingerprint density at radius 2 is 1.81 bits per heavy atom. The number of ether oxygens (including phenoxy) is 1. The lowest BCUT2D eigenvalue weighted by Gasteiger charge is -2.44. The standard InChI is InChI=1S/C30H31F3N2O2/c1-18-6-8-22(16-34-18)21-9-10-24-23(15-21)12-19(2)35(17-30(3,4)33)29(24)28-25(31)13-20(14-26(28)32)7-11-27(36)37-5/h6-11,13-16,19,29H,12,17H2,1-5H3/b11-7+. The number of alkyl halides is 1. The van der Waals surface area contributed by atoms with Crippen LogP contribution in [0, 0.1) is 18.6 Å². The zero-order valence-electron chi connectivity index (χ0n) is 21.7. The van der Waals surface area contributed by atoms with Crippen LogP contribution in [0.25, 0.3) is 17.2 Å². The Balaban J connectivity index is 1.83. The Labute approximate surface area is 215 Å². The lowest BCUT2D eigenvalue weighted by atomic mass is 9.82. The minimum absolute atomic E-state index is 0.00474. The second-order valence-corrected chi connectivity index (χ2v) is 10.2. The number of methoxy groups -OCH3 is 1. The molecule has 37 heavy (non-hydrogen) atoms. The maximum absolute atomic E-state index is 15.6. The van der Waals surface area contributed by atoms with E-state index >= 15 is 8.78 Å². The summed E-state index contributed by atoms with van der Waals surface area (Å²) in [5, 5.41) is 0. The molecule has 0 spiro atoms. The zero-order chi connectivity index (χ0) is 26.9. The summed E-state index contributed by atoms with van der Waals surface area (Å²) in [6.07, 6.45) is 4.81. The number of aromatic nitrogens is 1. The maximum atomic E-state index is 15.6. The summed E-state index contributed by atoms with van der Waals surface area (Å²) in [5.41, 5.74) is 2.98. The predicted octanol–water partition coefficient (Wildman–Crippen LogP) is 6.61. The quantitative estimate of drug-likeness (QED) is 0.278. The minimum Gasteiger partial charge on any atom is -0.466 e. The SMILES string of the molecule is COC(=O)/C=C/c1cc(F)c(C2c3ccc(-c4ccc(C)nc4)cc3CC(C)N2CC(C)(C)F)c(F)c1. The van der Waals surface area contributed by atoms with Gasteiger partial charge in [0.05, 0.1) is 13.2 Å². The molecule has 0 saturated heterocycles. The van der Waals surface area contributed by atoms with Gasteiger partial charge in [0.1, 0.15) is 17.3 Å². The van der Waals surface area contributed by atoms with Gasteiger partial charge in [-0.05, 0) is 80.6 Å². The Hall–Kier alpha value is -3.45. The molecule has 2 atom stereocenters. The highest BCUT2D eigenvalue weighted by molar-refractivity contribution is 5.86. The molecule has 2 aromatic carbocycles. The topological polar surface area (TPSA) is 42.4 Å². The van der Waals surface area contributed by atoms with Crippen molar-refractivity contribution < 1.29 is 22.7 Å². The molecule has 4 nitrogen and oxygen atoms in total. The van der Waals surface area contributed by atoms with Gasteiger partial charge in [0.15, 0.2) is 0 Å². The summed E-state index contributed by atoms with van der Waals surface area (Å²) in [6, 6.07) is 11.1. The highest BCUT2D eigenvalue weighted by Crippen LogP contribution is 2.42. The van der Waals surface area contributed by atoms with Crippen LogP contribution in [0.15, 0.2) is 54.7 Å². The molecule has 1 aromatic heterocycles. The van der Waals surface area contributed by atoms with Gasteiger partial charge in [-0.2, -0.15) is 0 Å². The summed E-state index contributed by atoms with van der Waals surface area (Å²) in [5.74, 6) is -2.15. The average Bonchev–Trinajstić information content (AvgIpc) is 2.83. The van der Waals surface area contributed by atoms with Crippen molar-refractivity contribution in [1.82, 2.24) is 9.88 Å². The number of esters is 1. The van der Waals surface area contributed by atoms with Crippen LogP contribution in [0.2, 0.25) is 0 Å². The molecule has 0 bridgehead atoms. The molecule has 0 N–H and O–H groups in total. The summed E-state index contributed by atoms with van der Waals surface area (Å²) in [7, 11) is 1.22. The first-order valence-electron chi connectivity index (χ1n) is 12.2. The highest BCUT2D eigenvalue weighted by Gasteiger charge is 2.39. The Morgan fingerprint density at radius 3 is 2.41 bits per heavy atom. The molecule has 2 heterocycles. The number of hydrogen-bond acceptors (Lipinski definition) is 4. The highest BCUT2D eigenvalue weighted by atomic mass is 19.1. The summed E-state index contributed by atoms with van der Waals surface area (Å²) in [6.45, 7) is 6.81. The van der Waals surface area contributed by atoms with E-state index in [-0.39, 0.29) is 23.7 Å². The van der Waals surface area contributed by atoms with Crippen molar-refractivity contribution in [2.24, 2.45) is 0 Å². The number of fused-ring (bicyclic) bond motifs is 1. The van der Waals surface area contributed by atoms with Crippen molar-refractivity contribution in [3.05, 3.63) is 94.3 Å². The van der Waals surface area contributed by atoms with Gasteiger partial charge in [0.2, 0.25) is 0 Å². The van der Waals surface area contributed by atoms with Crippen molar-refractivity contribution in [3.63, 3.8) is 0 Å². The largest absolute Gasteiger partial charge is 0.466 e. The van der Waals surface area contributed by atoms with E-state index in [1.54, 1.807) is 6.20 Å². The van der Waals surface area contributed by atoms with Gasteiger partial charge in [0, 0.05) is 41.7 Å². The fourth-order valence-electron chi connectivity index (χ4n) is 4.93. The number of halogens is 3. The van der Waals surface area contributed by atoms with Gasteiger partial charge in [0.25, 0.3) is 0 Å². The second kappa shape index (κ2) is 10.5. The van der Waals surface area contributed by atoms with E-state index in [1.807, 2.05) is 49.1 Å². The predicted molar refractivity (Wildman–Crippen MR) is 139 cm³/mol. The molecule has 0 aliphatic carbocycles. The van der Waals surface area contributed by atoms with E-state index in [1.165, 1.54) is 39.2 Å². The average molecular weight is 509 g/mol. The molecule has 2 unspecified atom stereocenters. The first-order chi connectivity index (χ1) is 17.5. The minimum atomic E-state index is -1.58. The van der Waals surface area contributed by atoms with Crippen molar-refractivity contribution in [3.8, 4) is 11.1 Å². The van der Waals surface area contributed by atoms with Gasteiger partial charge in [-0.25, -0.2) is 18.0 Å². The van der Waals surface area contributed by atoms with Crippen molar-refractivity contribution in [1.29, 1.82) is 0 Å². The molecule has 194 valence electrons. The molecule has 1 aliphatic heterocycles. The van der Waals surface area contributed by atoms with Crippen LogP contribution in [0.3, 0.4) is 0 Å². The van der Waals surface area contributed by atoms with Gasteiger partial charge in [-0.15, -0.1) is 0 Å². The fourth-order valence-corrected chi connectivity index (χ4v) is 4.93. The molecule has 0 saturated carbocycles. The van der Waals surface area contributed by atoms with E-state index in [0.717, 1.165) is 34.0 Å². The molecule has 7 heteroatoms. The normalized spacial score (nSPS) is 18.2. The molecule has 1 aliphatic rings. The van der Waals surface area contributed by atoms with E-state index in [2.05, 4.69) is 9.72 Å². The van der Waals surface area contributed by atoms with Gasteiger partial charge in [-0.1, -0.05) is 24.3 Å². The molecular formula is C30H31F3N2O2. The van der Waals surface area contributed by atoms with Gasteiger partial charge >= 0.3 is 5.97 Å². The summed E-state index contributed by atoms with van der Waals surface area (Å²) >= 11 is 0. The number of pyridine rings is 1. The number of benzene rings is 2. The molecule has 4 rings (SSSR count). The molecular weight excluding hydrogens is 477 g/mol. The first-order valence-corrected chi connectivity index (χ1v) is 12.2. The van der Waals surface area contributed by atoms with Crippen molar-refractivity contribution >= 4 is 12.0 Å². The van der Waals surface area contributed by atoms with E-state index in [4.69, 9.17) is 0 Å². The fraction of sp³-hybridized carbons (Fsp3) is 0.333. The molecule has 3 aromatic rings. The third kappa shape index (κ3) is 5.93. The first kappa shape index (κ1) is 26.6. The van der Waals surface area contributed by atoms with E-state index in [9.17, 15) is 9.18 Å². The van der Waals surface area contributed by atoms with Gasteiger partial charge in [-0.3, -0.25) is 9.88 Å². The number of hydrogen-bond donors (Lipinski definition) is 0. The van der Waals surface area contributed by atoms with Crippen LogP contribution in [-0.4, -0.2) is 41.2 Å². The number of carbonyl (C=O) groups is 1. The van der Waals surface area contributed by atoms with Crippen LogP contribution in [0.1, 0.15) is 54.8 Å². The van der Waals surface area contributed by atoms with E-state index < -0.39 is 29.3 Å². The molecule has 0 amide bonds. The Bertz CT molecular complexity index is 1310. The van der Waals surface area contributed by atoms with Crippen LogP contribution in [-0.2, 0) is 16.0 Å². The van der Waals surface area contributed by atoms with Crippen LogP contribution < -0.4 is 0 Å². The molecule has 0 fully saturated rings. The lowest BCUT2D eigenvalue weighted by molar-refractivity contribution is -0.134. The van der Waals surface area contributed by atoms with Crippen LogP contribution in [0.5, 0.6) is 0 Å². The van der Waals surface area contributed by atoms with Crippen LogP contribution in [0.4, 0.5) is 13.2 Å². The maximum Gasteiger partial charge on any atom is 0.330 e. The van der Waals surface area contributed by atoms with E-state index in [0.29, 0.717) is 6.42 Å². The van der Waals surface area contributed by atoms with Crippen molar-refractivity contribution in [2.45, 2.75) is 51.9 Å². The number of rotatable bonds is 6. The second-order valence-electron chi connectivity index (χ2n) is 10.2. The summed E-state index contributed by atoms with van der Waals surface area (Å²) < 4.78 is 50.7. The Kier molecular flexibility index (Phi) is 7.55. The smallest absolute Gasteiger partial charge is 0.330 e. The lowest BCUT2D eigenvalue weighted by Crippen LogP contribution is -2.48. The zero-order valence-corrected chi connectivity index (χ0v) is 21.7.